The van der Waals surface area contributed by atoms with Crippen molar-refractivity contribution in [2.45, 2.75) is 43.7 Å². The van der Waals surface area contributed by atoms with Gasteiger partial charge in [-0.1, -0.05) is 6.58 Å². The van der Waals surface area contributed by atoms with E-state index in [0.29, 0.717) is 12.8 Å². The molecule has 5 atom stereocenters. The molecule has 9 heteroatoms. The van der Waals surface area contributed by atoms with Gasteiger partial charge < -0.3 is 14.8 Å². The molecule has 2 fully saturated rings. The Morgan fingerprint density at radius 3 is 2.95 bits per heavy atom. The number of nitrogens with one attached hydrogen (secondary N) is 1. The first kappa shape index (κ1) is 16.1. The Kier molecular flexibility index (Phi) is 4.77. The third kappa shape index (κ3) is 3.49. The molecule has 21 heavy (non-hydrogen) atoms. The van der Waals surface area contributed by atoms with Gasteiger partial charge in [0.15, 0.2) is 6.10 Å². The van der Waals surface area contributed by atoms with Gasteiger partial charge in [0.1, 0.15) is 12.6 Å². The number of hydrogen-bond acceptors (Lipinski definition) is 6. The van der Waals surface area contributed by atoms with E-state index in [1.165, 1.54) is 0 Å². The summed E-state index contributed by atoms with van der Waals surface area (Å²) < 4.78 is 35.6. The molecule has 2 bridgehead atoms. The van der Waals surface area contributed by atoms with Crippen LogP contribution in [0.4, 0.5) is 0 Å². The van der Waals surface area contributed by atoms with Crippen LogP contribution in [0.1, 0.15) is 19.8 Å². The SMILES string of the molecule is C=CC(=O)NCC(=O)OC1C2CCC(C)(O2)C1OS(=O)O. The highest BCUT2D eigenvalue weighted by atomic mass is 32.2. The van der Waals surface area contributed by atoms with Crippen LogP contribution in [0.25, 0.3) is 0 Å². The Hall–Kier alpha value is -1.29. The van der Waals surface area contributed by atoms with E-state index in [0.717, 1.165) is 6.08 Å². The molecule has 1 amide bonds. The summed E-state index contributed by atoms with van der Waals surface area (Å²) in [5.74, 6) is -1.17. The number of ether oxygens (including phenoxy) is 2. The molecule has 0 aromatic carbocycles. The van der Waals surface area contributed by atoms with Gasteiger partial charge in [0, 0.05) is 0 Å². The third-order valence-electron chi connectivity index (χ3n) is 3.66. The second-order valence-electron chi connectivity index (χ2n) is 5.12. The van der Waals surface area contributed by atoms with Gasteiger partial charge in [-0.2, -0.15) is 4.21 Å². The van der Waals surface area contributed by atoms with Crippen LogP contribution < -0.4 is 5.32 Å². The zero-order valence-electron chi connectivity index (χ0n) is 11.4. The molecule has 0 spiro atoms. The first-order valence-electron chi connectivity index (χ1n) is 6.41. The van der Waals surface area contributed by atoms with Gasteiger partial charge in [0.25, 0.3) is 0 Å². The molecule has 2 rings (SSSR count). The molecule has 0 aliphatic carbocycles. The van der Waals surface area contributed by atoms with E-state index in [1.54, 1.807) is 6.92 Å². The second-order valence-corrected chi connectivity index (χ2v) is 5.74. The number of esters is 1. The largest absolute Gasteiger partial charge is 0.455 e. The van der Waals surface area contributed by atoms with Crippen LogP contribution in [-0.4, -0.2) is 51.1 Å². The topological polar surface area (TPSA) is 111 Å². The van der Waals surface area contributed by atoms with Crippen LogP contribution in [0.2, 0.25) is 0 Å². The molecular formula is C12H17NO7S. The number of carbonyl (C=O) groups excluding carboxylic acids is 2. The van der Waals surface area contributed by atoms with E-state index in [9.17, 15) is 13.8 Å². The first-order valence-corrected chi connectivity index (χ1v) is 7.44. The molecular weight excluding hydrogens is 302 g/mol. The molecule has 2 heterocycles. The van der Waals surface area contributed by atoms with Gasteiger partial charge in [0.2, 0.25) is 5.91 Å². The molecule has 5 unspecified atom stereocenters. The van der Waals surface area contributed by atoms with Crippen LogP contribution in [0.5, 0.6) is 0 Å². The van der Waals surface area contributed by atoms with Gasteiger partial charge in [-0.3, -0.25) is 18.3 Å². The smallest absolute Gasteiger partial charge is 0.325 e. The molecule has 0 radical (unpaired) electrons. The second kappa shape index (κ2) is 6.22. The van der Waals surface area contributed by atoms with Crippen LogP contribution >= 0.6 is 0 Å². The van der Waals surface area contributed by atoms with Crippen LogP contribution in [0.3, 0.4) is 0 Å². The highest BCUT2D eigenvalue weighted by molar-refractivity contribution is 7.74. The Morgan fingerprint density at radius 2 is 2.33 bits per heavy atom. The third-order valence-corrected chi connectivity index (χ3v) is 4.03. The molecule has 2 saturated heterocycles. The quantitative estimate of drug-likeness (QED) is 0.392. The standard InChI is InChI=1S/C12H17NO7S/c1-3-8(14)13-6-9(15)18-10-7-4-5-12(2,19-7)11(10)20-21(16)17/h3,7,10-11H,1,4-6H2,2H3,(H,13,14)(H,16,17). The van der Waals surface area contributed by atoms with Crippen molar-refractivity contribution < 1.29 is 32.0 Å². The number of amides is 1. The summed E-state index contributed by atoms with van der Waals surface area (Å²) in [6.07, 6.45) is 0.402. The van der Waals surface area contributed by atoms with Crippen molar-refractivity contribution in [1.82, 2.24) is 5.32 Å². The minimum Gasteiger partial charge on any atom is -0.455 e. The van der Waals surface area contributed by atoms with Gasteiger partial charge in [-0.25, -0.2) is 0 Å². The maximum Gasteiger partial charge on any atom is 0.325 e. The summed E-state index contributed by atoms with van der Waals surface area (Å²) >= 11 is -2.49. The summed E-state index contributed by atoms with van der Waals surface area (Å²) in [6.45, 7) is 4.69. The van der Waals surface area contributed by atoms with Crippen molar-refractivity contribution >= 4 is 23.2 Å². The van der Waals surface area contributed by atoms with Gasteiger partial charge in [0.05, 0.1) is 11.7 Å². The van der Waals surface area contributed by atoms with Crippen LogP contribution in [-0.2, 0) is 34.6 Å². The molecule has 2 aliphatic heterocycles. The Labute approximate surface area is 124 Å². The van der Waals surface area contributed by atoms with E-state index in [2.05, 4.69) is 11.9 Å². The Balaban J connectivity index is 1.97. The fraction of sp³-hybridized carbons (Fsp3) is 0.667. The molecule has 118 valence electrons. The zero-order valence-corrected chi connectivity index (χ0v) is 12.3. The maximum absolute atomic E-state index is 11.7. The predicted octanol–water partition coefficient (Wildman–Crippen LogP) is -0.326. The van der Waals surface area contributed by atoms with E-state index >= 15 is 0 Å². The lowest BCUT2D eigenvalue weighted by atomic mass is 9.85. The van der Waals surface area contributed by atoms with Crippen molar-refractivity contribution in [1.29, 1.82) is 0 Å². The predicted molar refractivity (Wildman–Crippen MR) is 71.2 cm³/mol. The van der Waals surface area contributed by atoms with Crippen molar-refractivity contribution in [2.75, 3.05) is 6.54 Å². The summed E-state index contributed by atoms with van der Waals surface area (Å²) in [7, 11) is 0. The normalized spacial score (nSPS) is 35.2. The molecule has 2 N–H and O–H groups in total. The van der Waals surface area contributed by atoms with Gasteiger partial charge in [-0.15, -0.1) is 0 Å². The molecule has 0 saturated carbocycles. The van der Waals surface area contributed by atoms with Crippen molar-refractivity contribution in [3.05, 3.63) is 12.7 Å². The van der Waals surface area contributed by atoms with Crippen molar-refractivity contribution in [2.24, 2.45) is 0 Å². The van der Waals surface area contributed by atoms with Crippen molar-refractivity contribution in [3.8, 4) is 0 Å². The first-order chi connectivity index (χ1) is 9.85. The lowest BCUT2D eigenvalue weighted by Gasteiger charge is -2.31. The van der Waals surface area contributed by atoms with Gasteiger partial charge in [-0.05, 0) is 25.8 Å². The van der Waals surface area contributed by atoms with E-state index < -0.39 is 41.0 Å². The van der Waals surface area contributed by atoms with Gasteiger partial charge >= 0.3 is 17.3 Å². The fourth-order valence-corrected chi connectivity index (χ4v) is 3.17. The fourth-order valence-electron chi connectivity index (χ4n) is 2.68. The number of hydrogen-bond donors (Lipinski definition) is 2. The highest BCUT2D eigenvalue weighted by Gasteiger charge is 2.60. The van der Waals surface area contributed by atoms with E-state index in [1.807, 2.05) is 0 Å². The minimum atomic E-state index is -2.49. The van der Waals surface area contributed by atoms with Crippen LogP contribution in [0.15, 0.2) is 12.7 Å². The van der Waals surface area contributed by atoms with Crippen LogP contribution in [0, 0.1) is 0 Å². The van der Waals surface area contributed by atoms with E-state index in [-0.39, 0.29) is 12.6 Å². The van der Waals surface area contributed by atoms with Crippen molar-refractivity contribution in [3.63, 3.8) is 0 Å². The molecule has 0 aromatic heterocycles. The number of rotatable bonds is 6. The molecule has 0 aromatic rings. The average molecular weight is 319 g/mol. The highest BCUT2D eigenvalue weighted by Crippen LogP contribution is 2.46. The number of carbonyl (C=O) groups is 2. The molecule has 2 aliphatic rings. The maximum atomic E-state index is 11.7. The zero-order chi connectivity index (χ0) is 15.6. The Morgan fingerprint density at radius 1 is 1.62 bits per heavy atom. The average Bonchev–Trinajstić information content (AvgIpc) is 2.92. The summed E-state index contributed by atoms with van der Waals surface area (Å²) in [4.78, 5) is 22.7. The summed E-state index contributed by atoms with van der Waals surface area (Å²) in [5.41, 5.74) is -0.752. The molecule has 8 nitrogen and oxygen atoms in total. The summed E-state index contributed by atoms with van der Waals surface area (Å²) in [6, 6.07) is 0. The lowest BCUT2D eigenvalue weighted by Crippen LogP contribution is -2.48. The van der Waals surface area contributed by atoms with E-state index in [4.69, 9.17) is 18.2 Å². The summed E-state index contributed by atoms with van der Waals surface area (Å²) in [5, 5.41) is 2.29. The monoisotopic (exact) mass is 319 g/mol. The minimum absolute atomic E-state index is 0.320. The number of fused-ring (bicyclic) bond motifs is 2. The lowest BCUT2D eigenvalue weighted by molar-refractivity contribution is -0.155. The Bertz CT molecular complexity index is 482.